The molecule has 1 amide bonds. The molecule has 0 unspecified atom stereocenters. The van der Waals surface area contributed by atoms with Crippen LogP contribution in [-0.2, 0) is 10.2 Å². The number of carbonyl (C=O) groups excluding carboxylic acids is 1. The third-order valence-electron chi connectivity index (χ3n) is 4.35. The third-order valence-corrected chi connectivity index (χ3v) is 5.28. The van der Waals surface area contributed by atoms with Crippen molar-refractivity contribution in [3.8, 4) is 0 Å². The first-order chi connectivity index (χ1) is 11.1. The van der Waals surface area contributed by atoms with Crippen LogP contribution in [0.2, 0.25) is 0 Å². The zero-order valence-electron chi connectivity index (χ0n) is 12.6. The maximum absolute atomic E-state index is 13.1. The summed E-state index contributed by atoms with van der Waals surface area (Å²) in [5.74, 6) is -0.341. The fraction of sp³-hybridized carbons (Fsp3) is 0.222. The highest BCUT2D eigenvalue weighted by molar-refractivity contribution is 7.22. The largest absolute Gasteiger partial charge is 0.301 e. The Balaban J connectivity index is 1.60. The molecule has 4 rings (SSSR count). The second-order valence-corrected chi connectivity index (χ2v) is 7.06. The van der Waals surface area contributed by atoms with Crippen LogP contribution in [0.5, 0.6) is 0 Å². The number of amides is 1. The quantitative estimate of drug-likeness (QED) is 0.774. The lowest BCUT2D eigenvalue weighted by Crippen LogP contribution is -2.27. The van der Waals surface area contributed by atoms with Gasteiger partial charge in [0.2, 0.25) is 5.91 Å². The van der Waals surface area contributed by atoms with Crippen LogP contribution in [0.25, 0.3) is 10.2 Å². The van der Waals surface area contributed by atoms with Crippen LogP contribution in [0.4, 0.5) is 9.52 Å². The number of thiazole rings is 1. The van der Waals surface area contributed by atoms with E-state index >= 15 is 0 Å². The number of nitrogens with zero attached hydrogens (tertiary/aromatic N) is 1. The summed E-state index contributed by atoms with van der Waals surface area (Å²) in [6, 6.07) is 12.2. The molecule has 3 aromatic rings. The molecule has 0 radical (unpaired) electrons. The molecule has 116 valence electrons. The normalized spacial score (nSPS) is 15.6. The van der Waals surface area contributed by atoms with Crippen LogP contribution < -0.4 is 5.32 Å². The van der Waals surface area contributed by atoms with Gasteiger partial charge in [-0.1, -0.05) is 29.5 Å². The first-order valence-electron chi connectivity index (χ1n) is 7.52. The summed E-state index contributed by atoms with van der Waals surface area (Å²) in [7, 11) is 0. The highest BCUT2D eigenvalue weighted by atomic mass is 32.1. The lowest BCUT2D eigenvalue weighted by molar-refractivity contribution is -0.118. The van der Waals surface area contributed by atoms with Gasteiger partial charge in [0, 0.05) is 0 Å². The van der Waals surface area contributed by atoms with Gasteiger partial charge in [-0.2, -0.15) is 0 Å². The molecule has 1 N–H and O–H groups in total. The molecule has 23 heavy (non-hydrogen) atoms. The van der Waals surface area contributed by atoms with Crippen molar-refractivity contribution in [3.05, 3.63) is 59.4 Å². The molecule has 2 aromatic carbocycles. The van der Waals surface area contributed by atoms with E-state index in [2.05, 4.69) is 16.4 Å². The zero-order chi connectivity index (χ0) is 16.0. The molecule has 1 saturated carbocycles. The molecular weight excluding hydrogens is 311 g/mol. The molecular formula is C18H15FN2OS. The third kappa shape index (κ3) is 2.51. The topological polar surface area (TPSA) is 42.0 Å². The van der Waals surface area contributed by atoms with Gasteiger partial charge in [-0.3, -0.25) is 4.79 Å². The van der Waals surface area contributed by atoms with Gasteiger partial charge in [-0.15, -0.1) is 0 Å². The standard InChI is InChI=1S/C18H15FN2OS/c1-11-2-7-14-15(10-11)23-17(20-14)21-16(22)18(8-9-18)12-3-5-13(19)6-4-12/h2-7,10H,8-9H2,1H3,(H,20,21,22). The SMILES string of the molecule is Cc1ccc2nc(NC(=O)C3(c4ccc(F)cc4)CC3)sc2c1. The highest BCUT2D eigenvalue weighted by Crippen LogP contribution is 2.49. The summed E-state index contributed by atoms with van der Waals surface area (Å²) in [4.78, 5) is 17.2. The number of carbonyl (C=O) groups is 1. The van der Waals surface area contributed by atoms with E-state index in [1.807, 2.05) is 19.1 Å². The van der Waals surface area contributed by atoms with Crippen molar-refractivity contribution in [3.63, 3.8) is 0 Å². The number of hydrogen-bond acceptors (Lipinski definition) is 3. The monoisotopic (exact) mass is 326 g/mol. The van der Waals surface area contributed by atoms with Crippen LogP contribution in [0.15, 0.2) is 42.5 Å². The van der Waals surface area contributed by atoms with Crippen molar-refractivity contribution in [1.29, 1.82) is 0 Å². The van der Waals surface area contributed by atoms with Crippen molar-refractivity contribution in [1.82, 2.24) is 4.98 Å². The van der Waals surface area contributed by atoms with Crippen molar-refractivity contribution in [2.24, 2.45) is 0 Å². The van der Waals surface area contributed by atoms with E-state index in [1.165, 1.54) is 29.0 Å². The number of hydrogen-bond donors (Lipinski definition) is 1. The zero-order valence-corrected chi connectivity index (χ0v) is 13.4. The van der Waals surface area contributed by atoms with Gasteiger partial charge in [0.25, 0.3) is 0 Å². The van der Waals surface area contributed by atoms with Gasteiger partial charge in [0.1, 0.15) is 5.82 Å². The summed E-state index contributed by atoms with van der Waals surface area (Å²) in [6.07, 6.45) is 1.57. The van der Waals surface area contributed by atoms with E-state index in [9.17, 15) is 9.18 Å². The molecule has 5 heteroatoms. The van der Waals surface area contributed by atoms with Crippen molar-refractivity contribution < 1.29 is 9.18 Å². The van der Waals surface area contributed by atoms with Crippen molar-refractivity contribution >= 4 is 32.6 Å². The van der Waals surface area contributed by atoms with Gasteiger partial charge in [0.15, 0.2) is 5.13 Å². The highest BCUT2D eigenvalue weighted by Gasteiger charge is 2.51. The molecule has 0 atom stereocenters. The lowest BCUT2D eigenvalue weighted by Gasteiger charge is -2.14. The molecule has 1 heterocycles. The molecule has 1 aromatic heterocycles. The Morgan fingerprint density at radius 2 is 1.96 bits per heavy atom. The molecule has 0 spiro atoms. The maximum Gasteiger partial charge on any atom is 0.236 e. The summed E-state index contributed by atoms with van der Waals surface area (Å²) < 4.78 is 14.1. The summed E-state index contributed by atoms with van der Waals surface area (Å²) in [5, 5.41) is 3.56. The fourth-order valence-electron chi connectivity index (χ4n) is 2.84. The first kappa shape index (κ1) is 14.3. The van der Waals surface area contributed by atoms with Crippen LogP contribution in [0, 0.1) is 12.7 Å². The van der Waals surface area contributed by atoms with Crippen LogP contribution >= 0.6 is 11.3 Å². The Hall–Kier alpha value is -2.27. The Kier molecular flexibility index (Phi) is 3.20. The van der Waals surface area contributed by atoms with Gasteiger partial charge in [-0.25, -0.2) is 9.37 Å². The smallest absolute Gasteiger partial charge is 0.236 e. The minimum atomic E-state index is -0.526. The molecule has 1 aliphatic rings. The summed E-state index contributed by atoms with van der Waals surface area (Å²) in [5.41, 5.74) is 2.40. The number of anilines is 1. The molecule has 0 saturated heterocycles. The number of nitrogens with one attached hydrogen (secondary N) is 1. The molecule has 0 aliphatic heterocycles. The van der Waals surface area contributed by atoms with E-state index < -0.39 is 5.41 Å². The predicted octanol–water partition coefficient (Wildman–Crippen LogP) is 4.41. The van der Waals surface area contributed by atoms with E-state index in [0.29, 0.717) is 5.13 Å². The number of halogens is 1. The number of aryl methyl sites for hydroxylation is 1. The van der Waals surface area contributed by atoms with Crippen LogP contribution in [-0.4, -0.2) is 10.9 Å². The van der Waals surface area contributed by atoms with Crippen molar-refractivity contribution in [2.75, 3.05) is 5.32 Å². The Labute approximate surface area is 137 Å². The molecule has 0 bridgehead atoms. The second-order valence-electron chi connectivity index (χ2n) is 6.03. The van der Waals surface area contributed by atoms with Gasteiger partial charge in [0.05, 0.1) is 15.6 Å². The van der Waals surface area contributed by atoms with E-state index in [-0.39, 0.29) is 11.7 Å². The van der Waals surface area contributed by atoms with Gasteiger partial charge >= 0.3 is 0 Å². The average molecular weight is 326 g/mol. The molecule has 3 nitrogen and oxygen atoms in total. The lowest BCUT2D eigenvalue weighted by atomic mass is 9.95. The maximum atomic E-state index is 13.1. The Morgan fingerprint density at radius 3 is 2.65 bits per heavy atom. The minimum Gasteiger partial charge on any atom is -0.301 e. The van der Waals surface area contributed by atoms with Crippen molar-refractivity contribution in [2.45, 2.75) is 25.2 Å². The number of fused-ring (bicyclic) bond motifs is 1. The van der Waals surface area contributed by atoms with Crippen LogP contribution in [0.3, 0.4) is 0 Å². The number of rotatable bonds is 3. The number of aromatic nitrogens is 1. The molecule has 1 aliphatic carbocycles. The predicted molar refractivity (Wildman–Crippen MR) is 90.3 cm³/mol. The van der Waals surface area contributed by atoms with E-state index in [1.54, 1.807) is 12.1 Å². The van der Waals surface area contributed by atoms with E-state index in [0.717, 1.165) is 28.6 Å². The average Bonchev–Trinajstić information content (AvgIpc) is 3.24. The fourth-order valence-corrected chi connectivity index (χ4v) is 3.80. The summed E-state index contributed by atoms with van der Waals surface area (Å²) in [6.45, 7) is 2.03. The number of benzene rings is 2. The van der Waals surface area contributed by atoms with Gasteiger partial charge < -0.3 is 5.32 Å². The Morgan fingerprint density at radius 1 is 1.22 bits per heavy atom. The van der Waals surface area contributed by atoms with Gasteiger partial charge in [-0.05, 0) is 55.2 Å². The Bertz CT molecular complexity index is 897. The van der Waals surface area contributed by atoms with Crippen LogP contribution in [0.1, 0.15) is 24.0 Å². The minimum absolute atomic E-state index is 0.0557. The molecule has 1 fully saturated rings. The summed E-state index contributed by atoms with van der Waals surface area (Å²) >= 11 is 1.48. The van der Waals surface area contributed by atoms with E-state index in [4.69, 9.17) is 0 Å². The second kappa shape index (κ2) is 5.13. The first-order valence-corrected chi connectivity index (χ1v) is 8.33.